The van der Waals surface area contributed by atoms with Crippen LogP contribution in [0, 0.1) is 65.6 Å². The van der Waals surface area contributed by atoms with E-state index < -0.39 is 0 Å². The van der Waals surface area contributed by atoms with Crippen molar-refractivity contribution in [2.75, 3.05) is 0 Å². The second kappa shape index (κ2) is 39.6. The number of terminal acetylenes is 1. The Bertz CT molecular complexity index is 501. The summed E-state index contributed by atoms with van der Waals surface area (Å²) in [7, 11) is 0. The Kier molecular flexibility index (Phi) is 48.0. The molecule has 5 atom stereocenters. The molecule has 0 N–H and O–H groups in total. The van der Waals surface area contributed by atoms with Crippen LogP contribution < -0.4 is 0 Å². The van der Waals surface area contributed by atoms with Crippen LogP contribution in [0.2, 0.25) is 0 Å². The number of hydrogen-bond acceptors (Lipinski definition) is 0. The van der Waals surface area contributed by atoms with Crippen molar-refractivity contribution in [1.29, 1.82) is 0 Å². The van der Waals surface area contributed by atoms with Gasteiger partial charge in [-0.1, -0.05) is 175 Å². The zero-order valence-corrected chi connectivity index (χ0v) is 34.2. The van der Waals surface area contributed by atoms with E-state index in [1.807, 2.05) is 27.7 Å². The molecular weight excluding hydrogens is 516 g/mol. The van der Waals surface area contributed by atoms with Crippen LogP contribution in [0.5, 0.6) is 0 Å². The van der Waals surface area contributed by atoms with Gasteiger partial charge in [0, 0.05) is 0 Å². The molecule has 0 spiro atoms. The molecule has 0 heteroatoms. The van der Waals surface area contributed by atoms with Crippen molar-refractivity contribution in [2.24, 2.45) is 53.3 Å². The maximum atomic E-state index is 4.60. The van der Waals surface area contributed by atoms with Gasteiger partial charge in [0.25, 0.3) is 0 Å². The zero-order chi connectivity index (χ0) is 34.8. The third-order valence-corrected chi connectivity index (χ3v) is 9.55. The van der Waals surface area contributed by atoms with Crippen molar-refractivity contribution >= 4 is 0 Å². The van der Waals surface area contributed by atoms with E-state index in [0.29, 0.717) is 0 Å². The quantitative estimate of drug-likeness (QED) is 0.162. The van der Waals surface area contributed by atoms with Gasteiger partial charge in [-0.25, -0.2) is 0 Å². The van der Waals surface area contributed by atoms with E-state index in [1.54, 1.807) is 6.92 Å². The predicted molar refractivity (Wildman–Crippen MR) is 207 cm³/mol. The molecule has 1 aliphatic carbocycles. The first-order valence-corrected chi connectivity index (χ1v) is 19.8. The smallest absolute Gasteiger partial charge is 0.00297 e. The molecule has 5 unspecified atom stereocenters. The molecule has 0 aromatic rings. The van der Waals surface area contributed by atoms with Crippen LogP contribution in [0.25, 0.3) is 0 Å². The van der Waals surface area contributed by atoms with Gasteiger partial charge in [-0.05, 0) is 92.3 Å². The molecule has 1 fully saturated rings. The second-order valence-electron chi connectivity index (χ2n) is 14.2. The van der Waals surface area contributed by atoms with Gasteiger partial charge in [0.15, 0.2) is 0 Å². The van der Waals surface area contributed by atoms with Gasteiger partial charge < -0.3 is 0 Å². The van der Waals surface area contributed by atoms with E-state index in [4.69, 9.17) is 0 Å². The summed E-state index contributed by atoms with van der Waals surface area (Å²) in [4.78, 5) is 0. The van der Waals surface area contributed by atoms with Crippen LogP contribution in [0.1, 0.15) is 215 Å². The molecule has 0 bridgehead atoms. The van der Waals surface area contributed by atoms with Crippen molar-refractivity contribution in [2.45, 2.75) is 215 Å². The Morgan fingerprint density at radius 1 is 0.605 bits per heavy atom. The first kappa shape index (κ1) is 52.1. The minimum atomic E-state index is 0.888. The van der Waals surface area contributed by atoms with Crippen molar-refractivity contribution in [3.05, 3.63) is 0 Å². The Morgan fingerprint density at radius 3 is 1.40 bits per heavy atom. The summed E-state index contributed by atoms with van der Waals surface area (Å²) in [6.45, 7) is 40.2. The Hall–Kier alpha value is -0.440. The third-order valence-electron chi connectivity index (χ3n) is 9.55. The minimum Gasteiger partial charge on any atom is -0.120 e. The summed E-state index contributed by atoms with van der Waals surface area (Å²) in [6, 6.07) is 0. The number of rotatable bonds is 15. The lowest BCUT2D eigenvalue weighted by molar-refractivity contribution is 0.159. The molecule has 1 rings (SSSR count). The summed E-state index contributed by atoms with van der Waals surface area (Å²) < 4.78 is 0. The fraction of sp³-hybridized carbons (Fsp3) is 0.953. The molecule has 0 saturated heterocycles. The third kappa shape index (κ3) is 35.9. The summed E-state index contributed by atoms with van der Waals surface area (Å²) in [6.07, 6.45) is 24.6. The Morgan fingerprint density at radius 2 is 1.05 bits per heavy atom. The molecule has 0 radical (unpaired) electrons. The van der Waals surface area contributed by atoms with E-state index in [-0.39, 0.29) is 0 Å². The van der Waals surface area contributed by atoms with Crippen LogP contribution in [0.3, 0.4) is 0 Å². The highest BCUT2D eigenvalue weighted by atomic mass is 14.3. The molecule has 0 nitrogen and oxygen atoms in total. The highest BCUT2D eigenvalue weighted by molar-refractivity contribution is 4.79. The highest BCUT2D eigenvalue weighted by Crippen LogP contribution is 2.39. The van der Waals surface area contributed by atoms with Gasteiger partial charge in [-0.2, -0.15) is 0 Å². The Balaban J connectivity index is -0.000000209. The van der Waals surface area contributed by atoms with Crippen molar-refractivity contribution < 1.29 is 0 Å². The maximum absolute atomic E-state index is 4.60. The highest BCUT2D eigenvalue weighted by Gasteiger charge is 2.28. The molecular formula is C43H92. The largest absolute Gasteiger partial charge is 0.120 e. The lowest BCUT2D eigenvalue weighted by Gasteiger charge is -2.35. The molecule has 0 aromatic carbocycles. The van der Waals surface area contributed by atoms with Gasteiger partial charge in [0.05, 0.1) is 0 Å². The predicted octanol–water partition coefficient (Wildman–Crippen LogP) is 15.9. The summed E-state index contributed by atoms with van der Waals surface area (Å²) in [5.74, 6) is 10.8. The molecule has 1 aliphatic rings. The van der Waals surface area contributed by atoms with E-state index >= 15 is 0 Å². The summed E-state index contributed by atoms with van der Waals surface area (Å²) >= 11 is 0. The fourth-order valence-electron chi connectivity index (χ4n) is 5.89. The van der Waals surface area contributed by atoms with Gasteiger partial charge in [-0.15, -0.1) is 12.3 Å². The second-order valence-corrected chi connectivity index (χ2v) is 14.2. The topological polar surface area (TPSA) is 0 Å². The van der Waals surface area contributed by atoms with Gasteiger partial charge in [-0.3, -0.25) is 0 Å². The number of hydrogen-bond donors (Lipinski definition) is 0. The first-order chi connectivity index (χ1) is 20.4. The van der Waals surface area contributed by atoms with Crippen molar-refractivity contribution in [3.8, 4) is 12.3 Å². The van der Waals surface area contributed by atoms with Gasteiger partial charge >= 0.3 is 0 Å². The van der Waals surface area contributed by atoms with Crippen LogP contribution in [0.4, 0.5) is 0 Å². The standard InChI is InChI=1S/C24H48.C9H20.C3H8.C3H4.2C2H6/c1-8-10-22(12-11-20(6)19(5)9-2)17-21(7)24-15-13-23(14-16-24)18(3)4;1-5-9(4)7-6-8(2)3;2*1-3-2;2*1-2/h18-24H,8-17H2,1-7H3;8-9H,5-7H2,1-4H3;3H2,1-2H3;1H,2H3;2*1-2H3. The SMILES string of the molecule is C#CC.CC.CC.CCC.CCC(C)CCC(C)C.CCCC(CCC(C)C(C)CC)CC(C)C1CCC(C(C)C)CC1. The van der Waals surface area contributed by atoms with Crippen molar-refractivity contribution in [1.82, 2.24) is 0 Å². The van der Waals surface area contributed by atoms with Gasteiger partial charge in [0.2, 0.25) is 0 Å². The van der Waals surface area contributed by atoms with E-state index in [2.05, 4.69) is 102 Å². The van der Waals surface area contributed by atoms with Crippen LogP contribution in [-0.2, 0) is 0 Å². The van der Waals surface area contributed by atoms with Gasteiger partial charge in [0.1, 0.15) is 0 Å². The monoisotopic (exact) mass is 609 g/mol. The fourth-order valence-corrected chi connectivity index (χ4v) is 5.89. The van der Waals surface area contributed by atoms with Crippen LogP contribution in [-0.4, -0.2) is 0 Å². The minimum absolute atomic E-state index is 0.888. The maximum Gasteiger partial charge on any atom is -0.00297 e. The normalized spacial score (nSPS) is 19.0. The van der Waals surface area contributed by atoms with Crippen molar-refractivity contribution in [3.63, 3.8) is 0 Å². The average Bonchev–Trinajstić information content (AvgIpc) is 3.01. The lowest BCUT2D eigenvalue weighted by atomic mass is 9.70. The molecule has 0 aliphatic heterocycles. The van der Waals surface area contributed by atoms with E-state index in [1.165, 1.54) is 89.9 Å². The molecule has 264 valence electrons. The van der Waals surface area contributed by atoms with Crippen LogP contribution >= 0.6 is 0 Å². The van der Waals surface area contributed by atoms with E-state index in [0.717, 1.165) is 53.3 Å². The molecule has 43 heavy (non-hydrogen) atoms. The first-order valence-electron chi connectivity index (χ1n) is 19.8. The average molecular weight is 609 g/mol. The molecule has 1 saturated carbocycles. The molecule has 0 aromatic heterocycles. The molecule has 0 amide bonds. The summed E-state index contributed by atoms with van der Waals surface area (Å²) in [5.41, 5.74) is 0. The van der Waals surface area contributed by atoms with Crippen LogP contribution in [0.15, 0.2) is 0 Å². The molecule has 0 heterocycles. The van der Waals surface area contributed by atoms with E-state index in [9.17, 15) is 0 Å². The Labute approximate surface area is 279 Å². The zero-order valence-electron chi connectivity index (χ0n) is 34.2. The lowest BCUT2D eigenvalue weighted by Crippen LogP contribution is -2.24. The summed E-state index contributed by atoms with van der Waals surface area (Å²) in [5, 5.41) is 0.